The Labute approximate surface area is 265 Å². The van der Waals surface area contributed by atoms with Crippen LogP contribution in [0.4, 0.5) is 0 Å². The molecule has 3 rings (SSSR count). The molecule has 0 aliphatic heterocycles. The summed E-state index contributed by atoms with van der Waals surface area (Å²) in [4.78, 5) is -0.911. The fourth-order valence-electron chi connectivity index (χ4n) is 3.52. The van der Waals surface area contributed by atoms with Gasteiger partial charge in [-0.1, -0.05) is 66.7 Å². The van der Waals surface area contributed by atoms with Gasteiger partial charge in [-0.2, -0.15) is 0 Å². The number of benzene rings is 3. The molecular formula is C42H17ClO. The van der Waals surface area contributed by atoms with E-state index in [4.69, 9.17) is 22.8 Å². The van der Waals surface area contributed by atoms with Crippen LogP contribution in [0.25, 0.3) is 0 Å². The number of hydrogen-bond acceptors (Lipinski definition) is 1. The molecule has 0 saturated heterocycles. The van der Waals surface area contributed by atoms with Gasteiger partial charge in [0.2, 0.25) is 0 Å². The fraction of sp³-hybridized carbons (Fsp3) is 0.0476. The number of ether oxygens (including phenoxy) is 1. The molecule has 0 aliphatic rings. The highest BCUT2D eigenvalue weighted by Crippen LogP contribution is 2.44. The number of hydrogen-bond donors (Lipinski definition) is 0. The van der Waals surface area contributed by atoms with Gasteiger partial charge in [0.25, 0.3) is 0 Å². The average Bonchev–Trinajstić information content (AvgIpc) is 3.05. The summed E-state index contributed by atoms with van der Waals surface area (Å²) in [5.41, 5.74) is 3.74. The largest absolute Gasteiger partial charge is 0.407 e. The van der Waals surface area contributed by atoms with E-state index in [9.17, 15) is 0 Å². The Morgan fingerprint density at radius 3 is 1.30 bits per heavy atom. The van der Waals surface area contributed by atoms with Crippen LogP contribution >= 0.6 is 11.6 Å². The molecule has 0 atom stereocenters. The highest BCUT2D eigenvalue weighted by atomic mass is 35.5. The summed E-state index contributed by atoms with van der Waals surface area (Å²) in [6.45, 7) is 1.98. The fourth-order valence-corrected chi connectivity index (χ4v) is 3.88. The van der Waals surface area contributed by atoms with Gasteiger partial charge in [0.05, 0.1) is 0 Å². The van der Waals surface area contributed by atoms with E-state index < -0.39 is 4.87 Å². The maximum absolute atomic E-state index is 7.41. The summed E-state index contributed by atoms with van der Waals surface area (Å²) in [6.07, 6.45) is 7.55. The molecule has 3 aromatic rings. The van der Waals surface area contributed by atoms with Gasteiger partial charge in [0.15, 0.2) is 0 Å². The zero-order chi connectivity index (χ0) is 31.1. The molecule has 0 fully saturated rings. The smallest absolute Gasteiger partial charge is 0.140 e. The summed E-state index contributed by atoms with van der Waals surface area (Å²) >= 11 is 7.41. The predicted octanol–water partition coefficient (Wildman–Crippen LogP) is 5.53. The standard InChI is InChI=1S/C42H17ClO/c1-3-4-5-6-7-8-9-10-11-12-13-14-15-16-17-18-19-20-21-28-33-44-41-35-37(2)34-40(36-41)42(43,38-29-24-22-25-30-38)39-31-26-23-27-32-39/h1,22-27,29-32,34-36H,2H3. The van der Waals surface area contributed by atoms with Gasteiger partial charge < -0.3 is 4.74 Å². The van der Waals surface area contributed by atoms with Gasteiger partial charge in [-0.3, -0.25) is 0 Å². The Bertz CT molecular complexity index is 2180. The van der Waals surface area contributed by atoms with Gasteiger partial charge in [-0.05, 0) is 88.7 Å². The molecule has 198 valence electrons. The molecule has 3 aromatic carbocycles. The molecule has 44 heavy (non-hydrogen) atoms. The Morgan fingerprint density at radius 2 is 0.886 bits per heavy atom. The van der Waals surface area contributed by atoms with Crippen LogP contribution in [0.3, 0.4) is 0 Å². The van der Waals surface area contributed by atoms with Gasteiger partial charge in [0.1, 0.15) is 16.7 Å². The average molecular weight is 573 g/mol. The quantitative estimate of drug-likeness (QED) is 0.227. The zero-order valence-corrected chi connectivity index (χ0v) is 24.1. The normalized spacial score (nSPS) is 7.75. The molecule has 2 heteroatoms. The molecule has 0 radical (unpaired) electrons. The summed E-state index contributed by atoms with van der Waals surface area (Å²) in [5, 5.41) is 0. The second kappa shape index (κ2) is 18.3. The van der Waals surface area contributed by atoms with Crippen LogP contribution in [0, 0.1) is 138 Å². The van der Waals surface area contributed by atoms with Gasteiger partial charge >= 0.3 is 0 Å². The molecule has 1 nitrogen and oxygen atoms in total. The van der Waals surface area contributed by atoms with Crippen molar-refractivity contribution in [3.63, 3.8) is 0 Å². The molecule has 0 spiro atoms. The minimum atomic E-state index is -0.911. The van der Waals surface area contributed by atoms with E-state index in [1.165, 1.54) is 0 Å². The highest BCUT2D eigenvalue weighted by Gasteiger charge is 2.34. The van der Waals surface area contributed by atoms with Gasteiger partial charge in [-0.25, -0.2) is 0 Å². The second-order valence-electron chi connectivity index (χ2n) is 8.15. The SMILES string of the molecule is C#CC#CC#CC#CC#CC#CC#CC#CC#CC#CC#COc1cc(C)cc(C(Cl)(c2ccccc2)c2ccccc2)c1. The third-order valence-corrected chi connectivity index (χ3v) is 5.86. The first-order valence-corrected chi connectivity index (χ1v) is 13.1. The lowest BCUT2D eigenvalue weighted by Crippen LogP contribution is -2.22. The van der Waals surface area contributed by atoms with Crippen LogP contribution < -0.4 is 4.74 Å². The first kappa shape index (κ1) is 31.4. The van der Waals surface area contributed by atoms with Crippen LogP contribution in [0.2, 0.25) is 0 Å². The van der Waals surface area contributed by atoms with E-state index >= 15 is 0 Å². The number of halogens is 1. The number of rotatable bonds is 4. The lowest BCUT2D eigenvalue weighted by atomic mass is 9.83. The van der Waals surface area contributed by atoms with Crippen molar-refractivity contribution in [3.8, 4) is 137 Å². The predicted molar refractivity (Wildman–Crippen MR) is 177 cm³/mol. The molecular weight excluding hydrogens is 556 g/mol. The Morgan fingerprint density at radius 1 is 0.500 bits per heavy atom. The minimum Gasteiger partial charge on any atom is -0.407 e. The third-order valence-electron chi connectivity index (χ3n) is 5.21. The Hall–Kier alpha value is -7.09. The molecule has 0 bridgehead atoms. The van der Waals surface area contributed by atoms with Crippen LogP contribution in [-0.4, -0.2) is 0 Å². The van der Waals surface area contributed by atoms with E-state index in [-0.39, 0.29) is 0 Å². The van der Waals surface area contributed by atoms with Crippen molar-refractivity contribution in [3.05, 3.63) is 101 Å². The highest BCUT2D eigenvalue weighted by molar-refractivity contribution is 6.28. The molecule has 0 amide bonds. The Kier molecular flexibility index (Phi) is 13.1. The molecule has 0 saturated carbocycles. The second-order valence-corrected chi connectivity index (χ2v) is 8.72. The van der Waals surface area contributed by atoms with Crippen molar-refractivity contribution in [1.82, 2.24) is 0 Å². The topological polar surface area (TPSA) is 9.23 Å². The van der Waals surface area contributed by atoms with Crippen molar-refractivity contribution in [2.45, 2.75) is 11.8 Å². The number of aryl methyl sites for hydroxylation is 1. The summed E-state index contributed by atoms with van der Waals surface area (Å²) in [7, 11) is 0. The molecule has 0 N–H and O–H groups in total. The minimum absolute atomic E-state index is 0.556. The molecule has 0 aromatic heterocycles. The lowest BCUT2D eigenvalue weighted by Gasteiger charge is -2.29. The van der Waals surface area contributed by atoms with Gasteiger partial charge in [-0.15, -0.1) is 18.0 Å². The van der Waals surface area contributed by atoms with Crippen LogP contribution in [0.5, 0.6) is 5.75 Å². The first-order chi connectivity index (χ1) is 21.6. The first-order valence-electron chi connectivity index (χ1n) is 12.7. The van der Waals surface area contributed by atoms with Crippen LogP contribution in [0.1, 0.15) is 22.3 Å². The van der Waals surface area contributed by atoms with Crippen molar-refractivity contribution in [1.29, 1.82) is 0 Å². The zero-order valence-electron chi connectivity index (χ0n) is 23.4. The van der Waals surface area contributed by atoms with Crippen molar-refractivity contribution in [2.75, 3.05) is 0 Å². The van der Waals surface area contributed by atoms with E-state index in [0.29, 0.717) is 5.75 Å². The van der Waals surface area contributed by atoms with Gasteiger partial charge in [0, 0.05) is 71.0 Å². The van der Waals surface area contributed by atoms with E-state index in [2.05, 4.69) is 125 Å². The molecule has 0 unspecified atom stereocenters. The number of terminal acetylenes is 1. The van der Waals surface area contributed by atoms with Crippen LogP contribution in [0.15, 0.2) is 78.9 Å². The maximum atomic E-state index is 7.41. The van der Waals surface area contributed by atoms with Crippen molar-refractivity contribution < 1.29 is 4.74 Å². The van der Waals surface area contributed by atoms with E-state index in [0.717, 1.165) is 22.3 Å². The van der Waals surface area contributed by atoms with Crippen molar-refractivity contribution >= 4 is 11.6 Å². The molecule has 0 heterocycles. The van der Waals surface area contributed by atoms with E-state index in [1.54, 1.807) is 0 Å². The summed E-state index contributed by atoms with van der Waals surface area (Å²) in [6, 6.07) is 25.7. The van der Waals surface area contributed by atoms with Crippen molar-refractivity contribution in [2.24, 2.45) is 0 Å². The number of alkyl halides is 1. The molecule has 0 aliphatic carbocycles. The van der Waals surface area contributed by atoms with E-state index in [1.807, 2.05) is 85.8 Å². The lowest BCUT2D eigenvalue weighted by molar-refractivity contribution is 0.518. The Balaban J connectivity index is 1.61. The third kappa shape index (κ3) is 10.5. The van der Waals surface area contributed by atoms with Crippen LogP contribution in [-0.2, 0) is 4.87 Å². The monoisotopic (exact) mass is 572 g/mol. The summed E-state index contributed by atoms with van der Waals surface area (Å²) < 4.78 is 5.67. The maximum Gasteiger partial charge on any atom is 0.140 e. The summed E-state index contributed by atoms with van der Waals surface area (Å²) in [5.74, 6) is 50.6.